The van der Waals surface area contributed by atoms with Crippen LogP contribution in [0.15, 0.2) is 95.9 Å². The molecular formula is C20H20N2O2S. The van der Waals surface area contributed by atoms with Gasteiger partial charge in [0.05, 0.1) is 4.90 Å². The fourth-order valence-electron chi connectivity index (χ4n) is 2.55. The van der Waals surface area contributed by atoms with Crippen molar-refractivity contribution >= 4 is 10.0 Å². The average Bonchev–Trinajstić information content (AvgIpc) is 2.64. The molecule has 0 amide bonds. The highest BCUT2D eigenvalue weighted by atomic mass is 32.2. The Morgan fingerprint density at radius 2 is 1.04 bits per heavy atom. The van der Waals surface area contributed by atoms with E-state index in [0.717, 1.165) is 11.1 Å². The summed E-state index contributed by atoms with van der Waals surface area (Å²) in [4.78, 5) is 2.96. The minimum absolute atomic E-state index is 0.251. The normalized spacial score (nSPS) is 11.6. The third-order valence-electron chi connectivity index (χ3n) is 3.74. The zero-order chi connectivity index (χ0) is 17.5. The first-order chi connectivity index (χ1) is 12.1. The Morgan fingerprint density at radius 3 is 1.48 bits per heavy atom. The van der Waals surface area contributed by atoms with Crippen LogP contribution in [0.1, 0.15) is 11.1 Å². The Hall–Kier alpha value is -2.47. The van der Waals surface area contributed by atoms with Crippen LogP contribution in [0.2, 0.25) is 0 Å². The Kier molecular flexibility index (Phi) is 5.60. The van der Waals surface area contributed by atoms with Crippen LogP contribution in [-0.2, 0) is 23.1 Å². The minimum atomic E-state index is -3.62. The van der Waals surface area contributed by atoms with Gasteiger partial charge in [0.1, 0.15) is 0 Å². The first-order valence-corrected chi connectivity index (χ1v) is 9.52. The third-order valence-corrected chi connectivity index (χ3v) is 5.13. The molecule has 0 heterocycles. The quantitative estimate of drug-likeness (QED) is 0.661. The molecule has 0 aromatic heterocycles. The number of sulfonamides is 1. The highest BCUT2D eigenvalue weighted by molar-refractivity contribution is 7.89. The molecule has 0 aliphatic heterocycles. The van der Waals surface area contributed by atoms with Gasteiger partial charge < -0.3 is 0 Å². The number of nitrogens with zero attached hydrogens (tertiary/aromatic N) is 1. The molecule has 0 spiro atoms. The first kappa shape index (κ1) is 17.4. The van der Waals surface area contributed by atoms with Crippen LogP contribution >= 0.6 is 0 Å². The maximum atomic E-state index is 12.7. The topological polar surface area (TPSA) is 49.4 Å². The van der Waals surface area contributed by atoms with Crippen LogP contribution in [-0.4, -0.2) is 13.4 Å². The molecule has 3 rings (SSSR count). The monoisotopic (exact) mass is 352 g/mol. The lowest BCUT2D eigenvalue weighted by Gasteiger charge is -2.23. The van der Waals surface area contributed by atoms with Crippen LogP contribution in [0.4, 0.5) is 0 Å². The lowest BCUT2D eigenvalue weighted by atomic mass is 10.2. The van der Waals surface area contributed by atoms with Gasteiger partial charge in [-0.3, -0.25) is 0 Å². The van der Waals surface area contributed by atoms with Crippen LogP contribution in [0.25, 0.3) is 0 Å². The first-order valence-electron chi connectivity index (χ1n) is 8.04. The number of hydrazine groups is 1. The van der Waals surface area contributed by atoms with Crippen molar-refractivity contribution in [2.24, 2.45) is 0 Å². The summed E-state index contributed by atoms with van der Waals surface area (Å²) in [6.07, 6.45) is 0. The van der Waals surface area contributed by atoms with Crippen molar-refractivity contribution in [2.45, 2.75) is 18.0 Å². The van der Waals surface area contributed by atoms with Crippen LogP contribution < -0.4 is 4.83 Å². The predicted octanol–water partition coefficient (Wildman–Crippen LogP) is 3.58. The van der Waals surface area contributed by atoms with E-state index in [1.165, 1.54) is 0 Å². The van der Waals surface area contributed by atoms with Gasteiger partial charge in [0.15, 0.2) is 0 Å². The minimum Gasteiger partial charge on any atom is -0.222 e. The highest BCUT2D eigenvalue weighted by Crippen LogP contribution is 2.12. The number of hydrogen-bond acceptors (Lipinski definition) is 3. The summed E-state index contributed by atoms with van der Waals surface area (Å²) in [5, 5.41) is 1.72. The van der Waals surface area contributed by atoms with Crippen molar-refractivity contribution in [3.8, 4) is 0 Å². The van der Waals surface area contributed by atoms with Gasteiger partial charge in [-0.15, -0.1) is 4.83 Å². The molecular weight excluding hydrogens is 332 g/mol. The lowest BCUT2D eigenvalue weighted by molar-refractivity contribution is 0.222. The van der Waals surface area contributed by atoms with Crippen molar-refractivity contribution in [1.82, 2.24) is 9.84 Å². The van der Waals surface area contributed by atoms with E-state index in [2.05, 4.69) is 4.83 Å². The van der Waals surface area contributed by atoms with E-state index in [4.69, 9.17) is 0 Å². The van der Waals surface area contributed by atoms with Gasteiger partial charge in [0.25, 0.3) is 10.0 Å². The molecule has 0 bridgehead atoms. The van der Waals surface area contributed by atoms with Crippen LogP contribution in [0.3, 0.4) is 0 Å². The highest BCUT2D eigenvalue weighted by Gasteiger charge is 2.18. The lowest BCUT2D eigenvalue weighted by Crippen LogP contribution is -2.41. The molecule has 0 saturated heterocycles. The fourth-order valence-corrected chi connectivity index (χ4v) is 3.64. The maximum Gasteiger partial charge on any atom is 0.253 e. The second-order valence-electron chi connectivity index (χ2n) is 5.74. The van der Waals surface area contributed by atoms with Gasteiger partial charge in [0.2, 0.25) is 0 Å². The van der Waals surface area contributed by atoms with Gasteiger partial charge in [-0.25, -0.2) is 13.4 Å². The zero-order valence-electron chi connectivity index (χ0n) is 13.7. The van der Waals surface area contributed by atoms with E-state index in [1.54, 1.807) is 35.3 Å². The van der Waals surface area contributed by atoms with Crippen molar-refractivity contribution in [1.29, 1.82) is 0 Å². The Balaban J connectivity index is 1.83. The molecule has 3 aromatic rings. The summed E-state index contributed by atoms with van der Waals surface area (Å²) < 4.78 is 25.3. The van der Waals surface area contributed by atoms with Gasteiger partial charge in [-0.1, -0.05) is 78.9 Å². The summed E-state index contributed by atoms with van der Waals surface area (Å²) >= 11 is 0. The molecule has 25 heavy (non-hydrogen) atoms. The third kappa shape index (κ3) is 5.00. The van der Waals surface area contributed by atoms with Crippen molar-refractivity contribution < 1.29 is 8.42 Å². The predicted molar refractivity (Wildman–Crippen MR) is 98.9 cm³/mol. The van der Waals surface area contributed by atoms with Gasteiger partial charge in [-0.05, 0) is 23.3 Å². The average molecular weight is 352 g/mol. The Morgan fingerprint density at radius 1 is 0.640 bits per heavy atom. The molecule has 0 aliphatic carbocycles. The molecule has 3 aromatic carbocycles. The Bertz CT molecular complexity index is 841. The largest absolute Gasteiger partial charge is 0.253 e. The van der Waals surface area contributed by atoms with E-state index in [1.807, 2.05) is 60.7 Å². The molecule has 0 fully saturated rings. The molecule has 0 unspecified atom stereocenters. The SMILES string of the molecule is O=S(=O)(NN(Cc1ccccc1)Cc1ccccc1)c1ccccc1. The molecule has 1 N–H and O–H groups in total. The van der Waals surface area contributed by atoms with E-state index < -0.39 is 10.0 Å². The summed E-state index contributed by atoms with van der Waals surface area (Å²) in [7, 11) is -3.62. The van der Waals surface area contributed by atoms with Crippen molar-refractivity contribution in [3.63, 3.8) is 0 Å². The van der Waals surface area contributed by atoms with E-state index in [-0.39, 0.29) is 4.90 Å². The molecule has 4 nitrogen and oxygen atoms in total. The summed E-state index contributed by atoms with van der Waals surface area (Å²) in [5.41, 5.74) is 2.07. The molecule has 128 valence electrons. The maximum absolute atomic E-state index is 12.7. The van der Waals surface area contributed by atoms with Crippen LogP contribution in [0.5, 0.6) is 0 Å². The van der Waals surface area contributed by atoms with Crippen LogP contribution in [0, 0.1) is 0 Å². The second-order valence-corrected chi connectivity index (χ2v) is 7.40. The molecule has 5 heteroatoms. The van der Waals surface area contributed by atoms with E-state index in [0.29, 0.717) is 13.1 Å². The van der Waals surface area contributed by atoms with Gasteiger partial charge in [-0.2, -0.15) is 0 Å². The number of hydrogen-bond donors (Lipinski definition) is 1. The number of rotatable bonds is 7. The number of benzene rings is 3. The molecule has 0 aliphatic rings. The summed E-state index contributed by atoms with van der Waals surface area (Å²) in [6.45, 7) is 0.948. The second kappa shape index (κ2) is 8.07. The standard InChI is InChI=1S/C20H20N2O2S/c23-25(24,20-14-8-3-9-15-20)21-22(16-18-10-4-1-5-11-18)17-19-12-6-2-7-13-19/h1-15,21H,16-17H2. The summed E-state index contributed by atoms with van der Waals surface area (Å²) in [6, 6.07) is 28.0. The zero-order valence-corrected chi connectivity index (χ0v) is 14.6. The number of nitrogens with one attached hydrogen (secondary N) is 1. The molecule has 0 saturated carbocycles. The fraction of sp³-hybridized carbons (Fsp3) is 0.100. The Labute approximate surface area is 148 Å². The van der Waals surface area contributed by atoms with E-state index in [9.17, 15) is 8.42 Å². The smallest absolute Gasteiger partial charge is 0.222 e. The molecule has 0 atom stereocenters. The molecule has 0 radical (unpaired) electrons. The van der Waals surface area contributed by atoms with Gasteiger partial charge >= 0.3 is 0 Å². The van der Waals surface area contributed by atoms with Gasteiger partial charge in [0, 0.05) is 13.1 Å². The van der Waals surface area contributed by atoms with Crippen molar-refractivity contribution in [2.75, 3.05) is 0 Å². The van der Waals surface area contributed by atoms with Crippen molar-refractivity contribution in [3.05, 3.63) is 102 Å². The summed E-state index contributed by atoms with van der Waals surface area (Å²) in [5.74, 6) is 0. The van der Waals surface area contributed by atoms with E-state index >= 15 is 0 Å².